The molecule has 0 unspecified atom stereocenters. The maximum Gasteiger partial charge on any atom is 0.319 e. The number of benzene rings is 2. The molecule has 0 aromatic heterocycles. The Morgan fingerprint density at radius 3 is 2.42 bits per heavy atom. The number of nitrogens with zero attached hydrogens (tertiary/aromatic N) is 1. The molecule has 2 amide bonds. The van der Waals surface area contributed by atoms with Crippen molar-refractivity contribution in [2.75, 3.05) is 31.5 Å². The highest BCUT2D eigenvalue weighted by atomic mass is 16.5. The molecule has 0 aliphatic rings. The predicted molar refractivity (Wildman–Crippen MR) is 97.8 cm³/mol. The smallest absolute Gasteiger partial charge is 0.319 e. The molecule has 2 aromatic rings. The Kier molecular flexibility index (Phi) is 7.11. The lowest BCUT2D eigenvalue weighted by Crippen LogP contribution is -2.36. The number of carbonyl (C=O) groups excluding carboxylic acids is 1. The lowest BCUT2D eigenvalue weighted by Gasteiger charge is -2.18. The minimum absolute atomic E-state index is 0.209. The average Bonchev–Trinajstić information content (AvgIpc) is 2.60. The second kappa shape index (κ2) is 9.57. The molecule has 2 rings (SSSR count). The third kappa shape index (κ3) is 5.93. The minimum Gasteiger partial charge on any atom is -0.457 e. The van der Waals surface area contributed by atoms with Crippen molar-refractivity contribution in [2.24, 2.45) is 0 Å². The number of amides is 2. The van der Waals surface area contributed by atoms with Crippen molar-refractivity contribution in [1.29, 1.82) is 0 Å². The Bertz CT molecular complexity index is 628. The van der Waals surface area contributed by atoms with Crippen LogP contribution in [0.25, 0.3) is 0 Å². The quantitative estimate of drug-likeness (QED) is 0.772. The van der Waals surface area contributed by atoms with Crippen molar-refractivity contribution in [3.63, 3.8) is 0 Å². The summed E-state index contributed by atoms with van der Waals surface area (Å²) in [6.45, 7) is 7.66. The van der Waals surface area contributed by atoms with Gasteiger partial charge in [0.05, 0.1) is 0 Å². The molecular formula is C19H25N3O2. The highest BCUT2D eigenvalue weighted by Gasteiger charge is 2.04. The summed E-state index contributed by atoms with van der Waals surface area (Å²) in [6.07, 6.45) is 0. The SMILES string of the molecule is CCN(CC)CCNC(=O)Nc1cccc(Oc2ccccc2)c1. The Balaban J connectivity index is 1.84. The van der Waals surface area contributed by atoms with Crippen molar-refractivity contribution in [3.8, 4) is 11.5 Å². The third-order valence-corrected chi connectivity index (χ3v) is 3.68. The van der Waals surface area contributed by atoms with Gasteiger partial charge in [0.1, 0.15) is 11.5 Å². The zero-order valence-corrected chi connectivity index (χ0v) is 14.3. The van der Waals surface area contributed by atoms with E-state index < -0.39 is 0 Å². The second-order valence-corrected chi connectivity index (χ2v) is 5.35. The van der Waals surface area contributed by atoms with Gasteiger partial charge in [0.15, 0.2) is 0 Å². The van der Waals surface area contributed by atoms with Crippen LogP contribution in [-0.4, -0.2) is 37.1 Å². The number of nitrogens with one attached hydrogen (secondary N) is 2. The Hall–Kier alpha value is -2.53. The number of urea groups is 1. The van der Waals surface area contributed by atoms with Crippen LogP contribution in [-0.2, 0) is 0 Å². The van der Waals surface area contributed by atoms with Crippen LogP contribution in [0, 0.1) is 0 Å². The van der Waals surface area contributed by atoms with E-state index in [1.54, 1.807) is 6.07 Å². The molecule has 0 fully saturated rings. The number of anilines is 1. The molecule has 0 aliphatic heterocycles. The fourth-order valence-electron chi connectivity index (χ4n) is 2.30. The van der Waals surface area contributed by atoms with Gasteiger partial charge in [-0.1, -0.05) is 38.1 Å². The fraction of sp³-hybridized carbons (Fsp3) is 0.316. The fourth-order valence-corrected chi connectivity index (χ4v) is 2.30. The number of para-hydroxylation sites is 1. The number of rotatable bonds is 8. The van der Waals surface area contributed by atoms with Crippen LogP contribution in [0.5, 0.6) is 11.5 Å². The van der Waals surface area contributed by atoms with E-state index in [9.17, 15) is 4.79 Å². The zero-order chi connectivity index (χ0) is 17.2. The molecule has 0 radical (unpaired) electrons. The summed E-state index contributed by atoms with van der Waals surface area (Å²) in [7, 11) is 0. The summed E-state index contributed by atoms with van der Waals surface area (Å²) in [6, 6.07) is 16.7. The molecule has 0 aliphatic carbocycles. The van der Waals surface area contributed by atoms with Gasteiger partial charge in [-0.05, 0) is 37.4 Å². The predicted octanol–water partition coefficient (Wildman–Crippen LogP) is 3.94. The number of hydrogen-bond acceptors (Lipinski definition) is 3. The summed E-state index contributed by atoms with van der Waals surface area (Å²) in [5.74, 6) is 1.44. The Morgan fingerprint density at radius 1 is 1.00 bits per heavy atom. The molecule has 0 saturated heterocycles. The van der Waals surface area contributed by atoms with Crippen LogP contribution >= 0.6 is 0 Å². The number of carbonyl (C=O) groups is 1. The lowest BCUT2D eigenvalue weighted by molar-refractivity contribution is 0.248. The van der Waals surface area contributed by atoms with Gasteiger partial charge in [-0.2, -0.15) is 0 Å². The molecule has 2 aromatic carbocycles. The van der Waals surface area contributed by atoms with Gasteiger partial charge in [-0.3, -0.25) is 0 Å². The molecule has 2 N–H and O–H groups in total. The van der Waals surface area contributed by atoms with Crippen molar-refractivity contribution >= 4 is 11.7 Å². The van der Waals surface area contributed by atoms with Crippen molar-refractivity contribution in [2.45, 2.75) is 13.8 Å². The van der Waals surface area contributed by atoms with Crippen LogP contribution in [0.15, 0.2) is 54.6 Å². The summed E-state index contributed by atoms with van der Waals surface area (Å²) < 4.78 is 5.76. The van der Waals surface area contributed by atoms with Crippen LogP contribution in [0.1, 0.15) is 13.8 Å². The van der Waals surface area contributed by atoms with Crippen LogP contribution in [0.3, 0.4) is 0 Å². The molecule has 0 atom stereocenters. The molecule has 0 heterocycles. The van der Waals surface area contributed by atoms with Gasteiger partial charge in [0.25, 0.3) is 0 Å². The van der Waals surface area contributed by atoms with E-state index in [-0.39, 0.29) is 6.03 Å². The van der Waals surface area contributed by atoms with Gasteiger partial charge in [0.2, 0.25) is 0 Å². The van der Waals surface area contributed by atoms with E-state index in [0.717, 1.165) is 25.4 Å². The van der Waals surface area contributed by atoms with E-state index in [1.165, 1.54) is 0 Å². The molecule has 5 heteroatoms. The van der Waals surface area contributed by atoms with Crippen LogP contribution < -0.4 is 15.4 Å². The standard InChI is InChI=1S/C19H25N3O2/c1-3-22(4-2)14-13-20-19(23)21-16-9-8-12-18(15-16)24-17-10-6-5-7-11-17/h5-12,15H,3-4,13-14H2,1-2H3,(H2,20,21,23). The second-order valence-electron chi connectivity index (χ2n) is 5.35. The first-order chi connectivity index (χ1) is 11.7. The maximum absolute atomic E-state index is 12.0. The Labute approximate surface area is 143 Å². The van der Waals surface area contributed by atoms with Gasteiger partial charge >= 0.3 is 6.03 Å². The largest absolute Gasteiger partial charge is 0.457 e. The summed E-state index contributed by atoms with van der Waals surface area (Å²) in [4.78, 5) is 14.2. The molecule has 0 spiro atoms. The molecule has 0 bridgehead atoms. The van der Waals surface area contributed by atoms with E-state index in [4.69, 9.17) is 4.74 Å². The minimum atomic E-state index is -0.209. The number of likely N-dealkylation sites (N-methyl/N-ethyl adjacent to an activating group) is 1. The van der Waals surface area contributed by atoms with Crippen LogP contribution in [0.2, 0.25) is 0 Å². The molecule has 0 saturated carbocycles. The van der Waals surface area contributed by atoms with Crippen molar-refractivity contribution < 1.29 is 9.53 Å². The first kappa shape index (κ1) is 17.8. The summed E-state index contributed by atoms with van der Waals surface area (Å²) >= 11 is 0. The first-order valence-electron chi connectivity index (χ1n) is 8.31. The average molecular weight is 327 g/mol. The topological polar surface area (TPSA) is 53.6 Å². The van der Waals surface area contributed by atoms with Crippen molar-refractivity contribution in [3.05, 3.63) is 54.6 Å². The van der Waals surface area contributed by atoms with E-state index in [0.29, 0.717) is 18.0 Å². The maximum atomic E-state index is 12.0. The monoisotopic (exact) mass is 327 g/mol. The van der Waals surface area contributed by atoms with E-state index >= 15 is 0 Å². The lowest BCUT2D eigenvalue weighted by atomic mass is 10.3. The number of hydrogen-bond donors (Lipinski definition) is 2. The van der Waals surface area contributed by atoms with Crippen LogP contribution in [0.4, 0.5) is 10.5 Å². The van der Waals surface area contributed by atoms with Gasteiger partial charge in [-0.15, -0.1) is 0 Å². The van der Waals surface area contributed by atoms with Gasteiger partial charge < -0.3 is 20.3 Å². The molecule has 24 heavy (non-hydrogen) atoms. The third-order valence-electron chi connectivity index (χ3n) is 3.68. The van der Waals surface area contributed by atoms with E-state index in [1.807, 2.05) is 48.5 Å². The summed E-state index contributed by atoms with van der Waals surface area (Å²) in [5, 5.41) is 5.70. The Morgan fingerprint density at radius 2 is 1.71 bits per heavy atom. The van der Waals surface area contributed by atoms with Gasteiger partial charge in [-0.25, -0.2) is 4.79 Å². The highest BCUT2D eigenvalue weighted by Crippen LogP contribution is 2.23. The van der Waals surface area contributed by atoms with Gasteiger partial charge in [0, 0.05) is 24.8 Å². The normalized spacial score (nSPS) is 10.5. The first-order valence-corrected chi connectivity index (χ1v) is 8.31. The number of ether oxygens (including phenoxy) is 1. The zero-order valence-electron chi connectivity index (χ0n) is 14.3. The molecule has 128 valence electrons. The van der Waals surface area contributed by atoms with Crippen molar-refractivity contribution in [1.82, 2.24) is 10.2 Å². The molecular weight excluding hydrogens is 302 g/mol. The highest BCUT2D eigenvalue weighted by molar-refractivity contribution is 5.89. The molecule has 5 nitrogen and oxygen atoms in total. The summed E-state index contributed by atoms with van der Waals surface area (Å²) in [5.41, 5.74) is 0.698. The van der Waals surface area contributed by atoms with E-state index in [2.05, 4.69) is 29.4 Å².